The molecule has 23 heavy (non-hydrogen) atoms. The lowest BCUT2D eigenvalue weighted by Crippen LogP contribution is -2.27. The summed E-state index contributed by atoms with van der Waals surface area (Å²) in [6, 6.07) is 7.56. The Bertz CT molecular complexity index is 992. The number of fused-ring (bicyclic) bond motifs is 1. The van der Waals surface area contributed by atoms with Crippen molar-refractivity contribution in [3.8, 4) is 5.82 Å². The van der Waals surface area contributed by atoms with Gasteiger partial charge in [-0.05, 0) is 36.6 Å². The normalized spacial score (nSPS) is 17.9. The lowest BCUT2D eigenvalue weighted by Gasteiger charge is -2.09. The number of hydrogen-bond donors (Lipinski definition) is 2. The van der Waals surface area contributed by atoms with Crippen molar-refractivity contribution >= 4 is 10.9 Å². The highest BCUT2D eigenvalue weighted by molar-refractivity contribution is 5.87. The van der Waals surface area contributed by atoms with Crippen LogP contribution in [0.4, 0.5) is 0 Å². The Hall–Kier alpha value is -2.67. The molecule has 3 aromatic rings. The Labute approximate surface area is 131 Å². The Kier molecular flexibility index (Phi) is 3.16. The van der Waals surface area contributed by atoms with E-state index in [9.17, 15) is 9.59 Å². The van der Waals surface area contributed by atoms with Crippen LogP contribution in [0.2, 0.25) is 0 Å². The second-order valence-electron chi connectivity index (χ2n) is 5.89. The standard InChI is InChI=1S/C16H17N5O2/c1-20-13-8-10(11-4-6-17-9-11)2-3-12(13)15(19-20)21-7-5-14(22)18-16(21)23/h2-3,5,7-8,11,17H,4,6,9H2,1H3,(H,18,22,23). The van der Waals surface area contributed by atoms with Crippen LogP contribution in [0.5, 0.6) is 0 Å². The molecular formula is C16H17N5O2. The van der Waals surface area contributed by atoms with E-state index >= 15 is 0 Å². The molecule has 0 aliphatic carbocycles. The van der Waals surface area contributed by atoms with Crippen LogP contribution in [0, 0.1) is 0 Å². The van der Waals surface area contributed by atoms with Gasteiger partial charge in [0.25, 0.3) is 5.56 Å². The van der Waals surface area contributed by atoms with Crippen LogP contribution in [0.1, 0.15) is 17.9 Å². The average Bonchev–Trinajstić information content (AvgIpc) is 3.16. The van der Waals surface area contributed by atoms with Gasteiger partial charge in [0.1, 0.15) is 0 Å². The molecule has 0 bridgehead atoms. The first kappa shape index (κ1) is 14.0. The Balaban J connectivity index is 1.88. The molecule has 0 radical (unpaired) electrons. The largest absolute Gasteiger partial charge is 0.334 e. The maximum atomic E-state index is 12.0. The number of nitrogens with one attached hydrogen (secondary N) is 2. The summed E-state index contributed by atoms with van der Waals surface area (Å²) in [6.45, 7) is 2.04. The van der Waals surface area contributed by atoms with E-state index < -0.39 is 11.2 Å². The zero-order valence-corrected chi connectivity index (χ0v) is 12.7. The van der Waals surface area contributed by atoms with Gasteiger partial charge in [0.05, 0.1) is 5.52 Å². The fraction of sp³-hybridized carbons (Fsp3) is 0.312. The van der Waals surface area contributed by atoms with E-state index in [0.29, 0.717) is 11.7 Å². The number of H-pyrrole nitrogens is 1. The van der Waals surface area contributed by atoms with Crippen molar-refractivity contribution in [2.45, 2.75) is 12.3 Å². The van der Waals surface area contributed by atoms with Crippen molar-refractivity contribution in [1.82, 2.24) is 24.6 Å². The average molecular weight is 311 g/mol. The molecule has 1 aliphatic rings. The van der Waals surface area contributed by atoms with Gasteiger partial charge in [-0.1, -0.05) is 6.07 Å². The van der Waals surface area contributed by atoms with Gasteiger partial charge in [-0.15, -0.1) is 0 Å². The molecule has 1 atom stereocenters. The fourth-order valence-corrected chi connectivity index (χ4v) is 3.21. The second-order valence-corrected chi connectivity index (χ2v) is 5.89. The minimum Gasteiger partial charge on any atom is -0.316 e. The van der Waals surface area contributed by atoms with Gasteiger partial charge in [-0.2, -0.15) is 5.10 Å². The van der Waals surface area contributed by atoms with E-state index in [-0.39, 0.29) is 0 Å². The highest BCUT2D eigenvalue weighted by Gasteiger charge is 2.19. The van der Waals surface area contributed by atoms with Gasteiger partial charge in [0, 0.05) is 31.2 Å². The van der Waals surface area contributed by atoms with Crippen LogP contribution in [-0.2, 0) is 7.05 Å². The van der Waals surface area contributed by atoms with Gasteiger partial charge in [-0.3, -0.25) is 19.0 Å². The molecule has 118 valence electrons. The third kappa shape index (κ3) is 2.29. The van der Waals surface area contributed by atoms with E-state index in [4.69, 9.17) is 0 Å². The van der Waals surface area contributed by atoms with E-state index in [2.05, 4.69) is 27.5 Å². The fourth-order valence-electron chi connectivity index (χ4n) is 3.21. The van der Waals surface area contributed by atoms with Crippen LogP contribution in [0.15, 0.2) is 40.1 Å². The van der Waals surface area contributed by atoms with E-state index in [1.54, 1.807) is 4.68 Å². The summed E-state index contributed by atoms with van der Waals surface area (Å²) >= 11 is 0. The molecule has 1 saturated heterocycles. The molecule has 1 aromatic carbocycles. The van der Waals surface area contributed by atoms with Gasteiger partial charge in [0.2, 0.25) is 0 Å². The number of benzene rings is 1. The Morgan fingerprint density at radius 1 is 1.26 bits per heavy atom. The van der Waals surface area contributed by atoms with Crippen molar-refractivity contribution in [3.63, 3.8) is 0 Å². The SMILES string of the molecule is Cn1nc(-n2ccc(=O)[nH]c2=O)c2ccc(C3CCNC3)cc21. The second kappa shape index (κ2) is 5.20. The molecule has 7 heteroatoms. The number of aryl methyl sites for hydroxylation is 1. The van der Waals surface area contributed by atoms with E-state index in [1.165, 1.54) is 22.4 Å². The first-order chi connectivity index (χ1) is 11.1. The van der Waals surface area contributed by atoms with Crippen LogP contribution in [-0.4, -0.2) is 32.4 Å². The first-order valence-electron chi connectivity index (χ1n) is 7.63. The predicted octanol–water partition coefficient (Wildman–Crippen LogP) is 0.489. The van der Waals surface area contributed by atoms with Crippen molar-refractivity contribution < 1.29 is 0 Å². The summed E-state index contributed by atoms with van der Waals surface area (Å²) in [5.41, 5.74) is 1.36. The van der Waals surface area contributed by atoms with E-state index in [1.807, 2.05) is 13.1 Å². The van der Waals surface area contributed by atoms with Crippen molar-refractivity contribution in [2.75, 3.05) is 13.1 Å². The number of rotatable bonds is 2. The molecule has 0 spiro atoms. The molecule has 1 unspecified atom stereocenters. The van der Waals surface area contributed by atoms with Gasteiger partial charge in [0.15, 0.2) is 5.82 Å². The van der Waals surface area contributed by atoms with Gasteiger partial charge in [-0.25, -0.2) is 4.79 Å². The molecule has 2 aromatic heterocycles. The van der Waals surface area contributed by atoms with Gasteiger partial charge >= 0.3 is 5.69 Å². The van der Waals surface area contributed by atoms with Crippen molar-refractivity contribution in [1.29, 1.82) is 0 Å². The van der Waals surface area contributed by atoms with Crippen molar-refractivity contribution in [3.05, 3.63) is 56.9 Å². The van der Waals surface area contributed by atoms with Crippen LogP contribution < -0.4 is 16.6 Å². The molecule has 3 heterocycles. The minimum atomic E-state index is -0.485. The first-order valence-corrected chi connectivity index (χ1v) is 7.63. The molecular weight excluding hydrogens is 294 g/mol. The maximum Gasteiger partial charge on any atom is 0.334 e. The van der Waals surface area contributed by atoms with Crippen LogP contribution >= 0.6 is 0 Å². The van der Waals surface area contributed by atoms with Crippen LogP contribution in [0.25, 0.3) is 16.7 Å². The van der Waals surface area contributed by atoms with Crippen LogP contribution in [0.3, 0.4) is 0 Å². The molecule has 0 saturated carbocycles. The lowest BCUT2D eigenvalue weighted by molar-refractivity contribution is 0.751. The smallest absolute Gasteiger partial charge is 0.316 e. The summed E-state index contributed by atoms with van der Waals surface area (Å²) in [4.78, 5) is 25.5. The summed E-state index contributed by atoms with van der Waals surface area (Å²) < 4.78 is 3.13. The third-order valence-corrected chi connectivity index (χ3v) is 4.44. The lowest BCUT2D eigenvalue weighted by atomic mass is 9.97. The maximum absolute atomic E-state index is 12.0. The third-order valence-electron chi connectivity index (χ3n) is 4.44. The molecule has 0 amide bonds. The molecule has 1 aliphatic heterocycles. The summed E-state index contributed by atoms with van der Waals surface area (Å²) in [7, 11) is 1.86. The quantitative estimate of drug-likeness (QED) is 0.721. The number of nitrogens with zero attached hydrogens (tertiary/aromatic N) is 3. The topological polar surface area (TPSA) is 84.7 Å². The summed E-state index contributed by atoms with van der Waals surface area (Å²) in [6.07, 6.45) is 2.59. The zero-order chi connectivity index (χ0) is 16.0. The monoisotopic (exact) mass is 311 g/mol. The van der Waals surface area contributed by atoms with Crippen molar-refractivity contribution in [2.24, 2.45) is 7.05 Å². The molecule has 1 fully saturated rings. The zero-order valence-electron chi connectivity index (χ0n) is 12.7. The predicted molar refractivity (Wildman–Crippen MR) is 87.2 cm³/mol. The summed E-state index contributed by atoms with van der Waals surface area (Å²) in [5.74, 6) is 1.05. The number of hydrogen-bond acceptors (Lipinski definition) is 4. The molecule has 7 nitrogen and oxygen atoms in total. The highest BCUT2D eigenvalue weighted by Crippen LogP contribution is 2.28. The molecule has 4 rings (SSSR count). The number of aromatic nitrogens is 4. The molecule has 2 N–H and O–H groups in total. The Morgan fingerprint density at radius 2 is 2.13 bits per heavy atom. The van der Waals surface area contributed by atoms with Gasteiger partial charge < -0.3 is 5.32 Å². The highest BCUT2D eigenvalue weighted by atomic mass is 16.2. The van der Waals surface area contributed by atoms with E-state index in [0.717, 1.165) is 30.4 Å². The minimum absolute atomic E-state index is 0.414. The summed E-state index contributed by atoms with van der Waals surface area (Å²) in [5, 5.41) is 8.72. The number of aromatic amines is 1. The Morgan fingerprint density at radius 3 is 2.87 bits per heavy atom.